The van der Waals surface area contributed by atoms with Crippen LogP contribution in [-0.2, 0) is 15.7 Å². The van der Waals surface area contributed by atoms with Crippen LogP contribution in [0.5, 0.6) is 5.88 Å². The fraction of sp³-hybridized carbons (Fsp3) is 0.538. The van der Waals surface area contributed by atoms with Crippen LogP contribution in [0.2, 0.25) is 0 Å². The van der Waals surface area contributed by atoms with E-state index in [9.17, 15) is 23.2 Å². The number of pyridine rings is 2. The molecule has 2 aliphatic rings. The van der Waals surface area contributed by atoms with Crippen LogP contribution in [0.1, 0.15) is 30.5 Å². The van der Waals surface area contributed by atoms with Crippen molar-refractivity contribution in [2.75, 3.05) is 64.9 Å². The minimum Gasteiger partial charge on any atom is -0.477 e. The second kappa shape index (κ2) is 13.0. The molecule has 2 aliphatic heterocycles. The van der Waals surface area contributed by atoms with E-state index in [-0.39, 0.29) is 46.8 Å². The van der Waals surface area contributed by atoms with E-state index in [4.69, 9.17) is 15.0 Å². The molecule has 2 saturated heterocycles. The number of amides is 1. The number of piperidine rings is 1. The van der Waals surface area contributed by atoms with Crippen molar-refractivity contribution in [1.82, 2.24) is 19.8 Å². The molecule has 0 aromatic carbocycles. The fourth-order valence-electron chi connectivity index (χ4n) is 4.84. The first kappa shape index (κ1) is 29.2. The maximum atomic E-state index is 13.9. The molecule has 2 fully saturated rings. The number of carbonyl (C=O) groups is 1. The van der Waals surface area contributed by atoms with E-state index in [1.165, 1.54) is 12.3 Å². The highest BCUT2D eigenvalue weighted by molar-refractivity contribution is 5.78. The van der Waals surface area contributed by atoms with Crippen molar-refractivity contribution in [3.63, 3.8) is 0 Å². The molecule has 0 radical (unpaired) electrons. The number of alkyl halides is 3. The average Bonchev–Trinajstić information content (AvgIpc) is 2.97. The van der Waals surface area contributed by atoms with Gasteiger partial charge in [0.05, 0.1) is 37.7 Å². The predicted molar refractivity (Wildman–Crippen MR) is 138 cm³/mol. The molecule has 14 heteroatoms. The maximum absolute atomic E-state index is 13.9. The molecule has 40 heavy (non-hydrogen) atoms. The van der Waals surface area contributed by atoms with Crippen LogP contribution in [0.25, 0.3) is 11.3 Å². The van der Waals surface area contributed by atoms with Crippen molar-refractivity contribution in [2.24, 2.45) is 11.0 Å². The number of likely N-dealkylation sites (tertiary alicyclic amines) is 1. The number of morpholine rings is 1. The Morgan fingerprint density at radius 2 is 2.00 bits per heavy atom. The largest absolute Gasteiger partial charge is 0.477 e. The third-order valence-corrected chi connectivity index (χ3v) is 7.13. The molecule has 2 N–H and O–H groups in total. The molecular weight excluding hydrogens is 529 g/mol. The van der Waals surface area contributed by atoms with Gasteiger partial charge in [-0.2, -0.15) is 23.5 Å². The van der Waals surface area contributed by atoms with E-state index in [0.717, 1.165) is 32.0 Å². The molecule has 4 rings (SSSR count). The molecule has 0 spiro atoms. The minimum absolute atomic E-state index is 0.00718. The van der Waals surface area contributed by atoms with Gasteiger partial charge in [-0.25, -0.2) is 15.5 Å². The number of hydrogen-bond donors (Lipinski definition) is 2. The van der Waals surface area contributed by atoms with Crippen molar-refractivity contribution < 1.29 is 27.4 Å². The number of rotatable bonds is 9. The molecule has 0 bridgehead atoms. The summed E-state index contributed by atoms with van der Waals surface area (Å²) < 4.78 is 52.6. The first-order chi connectivity index (χ1) is 19.2. The summed E-state index contributed by atoms with van der Waals surface area (Å²) in [7, 11) is 1.54. The zero-order valence-corrected chi connectivity index (χ0v) is 22.1. The lowest BCUT2D eigenvalue weighted by Crippen LogP contribution is -2.47. The van der Waals surface area contributed by atoms with Gasteiger partial charge in [0.15, 0.2) is 5.69 Å². The van der Waals surface area contributed by atoms with Crippen molar-refractivity contribution in [1.29, 1.82) is 10.8 Å². The lowest BCUT2D eigenvalue weighted by molar-refractivity contribution is -0.139. The van der Waals surface area contributed by atoms with Crippen molar-refractivity contribution in [3.8, 4) is 23.2 Å². The quantitative estimate of drug-likeness (QED) is 0.438. The molecule has 2 aromatic rings. The molecule has 1 amide bonds. The second-order valence-corrected chi connectivity index (χ2v) is 9.65. The Morgan fingerprint density at radius 3 is 2.62 bits per heavy atom. The van der Waals surface area contributed by atoms with Crippen LogP contribution in [-0.4, -0.2) is 85.3 Å². The average molecular weight is 561 g/mol. The zero-order chi connectivity index (χ0) is 28.7. The highest BCUT2D eigenvalue weighted by atomic mass is 19.4. The van der Waals surface area contributed by atoms with Crippen LogP contribution in [0.4, 0.5) is 24.5 Å². The van der Waals surface area contributed by atoms with Crippen LogP contribution < -0.4 is 10.1 Å². The van der Waals surface area contributed by atoms with Crippen molar-refractivity contribution in [3.05, 3.63) is 29.6 Å². The van der Waals surface area contributed by atoms with E-state index < -0.39 is 17.6 Å². The maximum Gasteiger partial charge on any atom is 0.421 e. The Labute approximate surface area is 229 Å². The Hall–Kier alpha value is -3.83. The molecule has 2 aromatic heterocycles. The Morgan fingerprint density at radius 1 is 1.27 bits per heavy atom. The number of ether oxygens (including phenoxy) is 2. The predicted octanol–water partition coefficient (Wildman–Crippen LogP) is 4.08. The van der Waals surface area contributed by atoms with Gasteiger partial charge >= 0.3 is 6.18 Å². The number of aromatic nitrogens is 2. The number of carbonyl (C=O) groups excluding carboxylic acids is 1. The van der Waals surface area contributed by atoms with Gasteiger partial charge in [0.25, 0.3) is 0 Å². The second-order valence-electron chi connectivity index (χ2n) is 9.65. The van der Waals surface area contributed by atoms with Gasteiger partial charge in [-0.1, -0.05) is 0 Å². The number of nitriles is 1. The number of nitrogens with one attached hydrogen (secondary N) is 2. The van der Waals surface area contributed by atoms with Gasteiger partial charge in [-0.3, -0.25) is 9.69 Å². The highest BCUT2D eigenvalue weighted by Crippen LogP contribution is 2.39. The highest BCUT2D eigenvalue weighted by Gasteiger charge is 2.36. The summed E-state index contributed by atoms with van der Waals surface area (Å²) in [6.45, 7) is 4.31. The molecular formula is C26H31F3N8O3. The SMILES string of the molecule is CNc1cc(-c2cnc(OCCC3CCN(CC(=O)N4CCOCC4)CC3)c(C(F)(F)F)c2)nc(C#N)c1N=N. The van der Waals surface area contributed by atoms with Gasteiger partial charge in [0, 0.05) is 31.9 Å². The van der Waals surface area contributed by atoms with Gasteiger partial charge in [-0.05, 0) is 50.4 Å². The third kappa shape index (κ3) is 7.02. The van der Waals surface area contributed by atoms with Crippen LogP contribution >= 0.6 is 0 Å². The first-order valence-electron chi connectivity index (χ1n) is 13.0. The van der Waals surface area contributed by atoms with E-state index in [0.29, 0.717) is 39.3 Å². The molecule has 0 atom stereocenters. The lowest BCUT2D eigenvalue weighted by Gasteiger charge is -2.34. The van der Waals surface area contributed by atoms with E-state index >= 15 is 0 Å². The van der Waals surface area contributed by atoms with Crippen molar-refractivity contribution in [2.45, 2.75) is 25.4 Å². The summed E-state index contributed by atoms with van der Waals surface area (Å²) in [5, 5.41) is 15.4. The first-order valence-corrected chi connectivity index (χ1v) is 13.0. The summed E-state index contributed by atoms with van der Waals surface area (Å²) in [6.07, 6.45) is -1.27. The van der Waals surface area contributed by atoms with Gasteiger partial charge in [-0.15, -0.1) is 0 Å². The summed E-state index contributed by atoms with van der Waals surface area (Å²) in [5.41, 5.74) is 6.43. The van der Waals surface area contributed by atoms with E-state index in [2.05, 4.69) is 25.3 Å². The molecule has 4 heterocycles. The summed E-state index contributed by atoms with van der Waals surface area (Å²) in [4.78, 5) is 24.4. The van der Waals surface area contributed by atoms with E-state index in [1.807, 2.05) is 11.0 Å². The van der Waals surface area contributed by atoms with Gasteiger partial charge in [0.2, 0.25) is 11.8 Å². The summed E-state index contributed by atoms with van der Waals surface area (Å²) in [5.74, 6) is -0.141. The molecule has 214 valence electrons. The fourth-order valence-corrected chi connectivity index (χ4v) is 4.84. The number of anilines is 1. The van der Waals surface area contributed by atoms with Crippen LogP contribution in [0, 0.1) is 22.8 Å². The number of hydrogen-bond acceptors (Lipinski definition) is 10. The van der Waals surface area contributed by atoms with Crippen molar-refractivity contribution >= 4 is 17.3 Å². The van der Waals surface area contributed by atoms with Gasteiger partial charge in [0.1, 0.15) is 17.3 Å². The topological polar surface area (TPSA) is 140 Å². The normalized spacial score (nSPS) is 16.8. The number of halogens is 3. The smallest absolute Gasteiger partial charge is 0.421 e. The zero-order valence-electron chi connectivity index (χ0n) is 22.1. The van der Waals surface area contributed by atoms with Crippen LogP contribution in [0.3, 0.4) is 0 Å². The standard InChI is InChI=1S/C26H31F3N8O3/c1-32-21-13-20(34-22(14-30)24(21)35-31)18-12-19(26(27,28)29)25(33-15-18)40-9-4-17-2-5-36(6-3-17)16-23(38)37-7-10-39-11-8-37/h12-13,15,17,31H,2-11,16H2,1H3,(H,32,34). The lowest BCUT2D eigenvalue weighted by atomic mass is 9.94. The van der Waals surface area contributed by atoms with E-state index in [1.54, 1.807) is 7.05 Å². The summed E-state index contributed by atoms with van der Waals surface area (Å²) >= 11 is 0. The van der Waals surface area contributed by atoms with Gasteiger partial charge < -0.3 is 19.7 Å². The number of nitrogens with zero attached hydrogens (tertiary/aromatic N) is 6. The summed E-state index contributed by atoms with van der Waals surface area (Å²) in [6, 6.07) is 4.12. The van der Waals surface area contributed by atoms with Crippen LogP contribution in [0.15, 0.2) is 23.4 Å². The molecule has 0 unspecified atom stereocenters. The third-order valence-electron chi connectivity index (χ3n) is 7.13. The Kier molecular flexibility index (Phi) is 9.49. The Bertz CT molecular complexity index is 1250. The monoisotopic (exact) mass is 560 g/mol. The molecule has 11 nitrogen and oxygen atoms in total. The molecule has 0 aliphatic carbocycles. The Balaban J connectivity index is 1.36. The molecule has 0 saturated carbocycles. The minimum atomic E-state index is -4.73.